The van der Waals surface area contributed by atoms with Gasteiger partial charge in [0.2, 0.25) is 0 Å². The normalized spacial score (nSPS) is 17.9. The molecule has 1 heterocycles. The summed E-state index contributed by atoms with van der Waals surface area (Å²) >= 11 is 1.67. The van der Waals surface area contributed by atoms with E-state index in [1.807, 2.05) is 11.4 Å². The minimum absolute atomic E-state index is 0.328. The molecule has 1 aliphatic carbocycles. The first kappa shape index (κ1) is 8.95. The van der Waals surface area contributed by atoms with Crippen LogP contribution in [0.2, 0.25) is 0 Å². The first-order valence-electron chi connectivity index (χ1n) is 4.87. The number of ketones is 1. The summed E-state index contributed by atoms with van der Waals surface area (Å²) in [5, 5.41) is 2.00. The molecule has 2 heteroatoms. The average Bonchev–Trinajstić information content (AvgIpc) is 2.72. The number of carbonyl (C=O) groups is 1. The van der Waals surface area contributed by atoms with E-state index < -0.39 is 0 Å². The van der Waals surface area contributed by atoms with Crippen LogP contribution in [0.3, 0.4) is 0 Å². The lowest BCUT2D eigenvalue weighted by molar-refractivity contribution is 0.0923. The fourth-order valence-corrected chi connectivity index (χ4v) is 2.69. The number of hydrogen-bond donors (Lipinski definition) is 0. The fourth-order valence-electron chi connectivity index (χ4n) is 2.00. The van der Waals surface area contributed by atoms with Gasteiger partial charge in [-0.15, -0.1) is 11.3 Å². The molecule has 0 radical (unpaired) electrons. The second-order valence-corrected chi connectivity index (χ2v) is 4.91. The Bertz CT molecular complexity index is 308. The Balaban J connectivity index is 2.12. The summed E-state index contributed by atoms with van der Waals surface area (Å²) in [5.41, 5.74) is 0.939. The highest BCUT2D eigenvalue weighted by molar-refractivity contribution is 7.10. The van der Waals surface area contributed by atoms with Gasteiger partial charge in [0.1, 0.15) is 0 Å². The molecule has 1 fully saturated rings. The Morgan fingerprint density at radius 3 is 2.69 bits per heavy atom. The Labute approximate surface area is 82.8 Å². The van der Waals surface area contributed by atoms with Gasteiger partial charge in [0, 0.05) is 21.7 Å². The van der Waals surface area contributed by atoms with Crippen LogP contribution in [-0.4, -0.2) is 5.78 Å². The summed E-state index contributed by atoms with van der Waals surface area (Å²) in [4.78, 5) is 13.1. The van der Waals surface area contributed by atoms with Gasteiger partial charge in [-0.25, -0.2) is 0 Å². The number of carbonyl (C=O) groups excluding carboxylic acids is 1. The minimum atomic E-state index is 0.328. The largest absolute Gasteiger partial charge is 0.294 e. The molecule has 1 nitrogen and oxygen atoms in total. The van der Waals surface area contributed by atoms with Crippen LogP contribution in [0, 0.1) is 12.8 Å². The number of hydrogen-bond acceptors (Lipinski definition) is 2. The maximum absolute atomic E-state index is 11.9. The number of aryl methyl sites for hydroxylation is 1. The summed E-state index contributed by atoms with van der Waals surface area (Å²) in [6, 6.07) is 2.02. The molecule has 1 saturated carbocycles. The van der Waals surface area contributed by atoms with E-state index in [9.17, 15) is 4.79 Å². The Hall–Kier alpha value is -0.630. The van der Waals surface area contributed by atoms with Crippen LogP contribution in [0.4, 0.5) is 0 Å². The summed E-state index contributed by atoms with van der Waals surface area (Å²) in [6.07, 6.45) is 4.68. The highest BCUT2D eigenvalue weighted by Gasteiger charge is 2.23. The summed E-state index contributed by atoms with van der Waals surface area (Å²) in [6.45, 7) is 2.05. The van der Waals surface area contributed by atoms with Crippen molar-refractivity contribution >= 4 is 17.1 Å². The second kappa shape index (κ2) is 3.62. The monoisotopic (exact) mass is 194 g/mol. The van der Waals surface area contributed by atoms with Gasteiger partial charge < -0.3 is 0 Å². The van der Waals surface area contributed by atoms with Crippen molar-refractivity contribution in [1.82, 2.24) is 0 Å². The Kier molecular flexibility index (Phi) is 2.49. The van der Waals surface area contributed by atoms with Crippen LogP contribution < -0.4 is 0 Å². The second-order valence-electron chi connectivity index (χ2n) is 3.79. The predicted molar refractivity (Wildman–Crippen MR) is 55.3 cm³/mol. The molecular formula is C11H14OS. The molecule has 1 aromatic heterocycles. The lowest BCUT2D eigenvalue weighted by Gasteiger charge is -2.04. The number of Topliss-reactive ketones (excluding diaryl/α,β-unsaturated/α-hetero) is 1. The lowest BCUT2D eigenvalue weighted by Crippen LogP contribution is -2.09. The van der Waals surface area contributed by atoms with Crippen LogP contribution in [0.15, 0.2) is 11.4 Å². The zero-order chi connectivity index (χ0) is 9.26. The molecule has 0 atom stereocenters. The van der Waals surface area contributed by atoms with Gasteiger partial charge in [-0.1, -0.05) is 12.8 Å². The zero-order valence-electron chi connectivity index (χ0n) is 7.88. The maximum Gasteiger partial charge on any atom is 0.166 e. The number of thiophene rings is 1. The molecule has 70 valence electrons. The van der Waals surface area contributed by atoms with Gasteiger partial charge in [-0.2, -0.15) is 0 Å². The molecule has 1 aliphatic rings. The maximum atomic E-state index is 11.9. The summed E-state index contributed by atoms with van der Waals surface area (Å²) in [5.74, 6) is 0.704. The van der Waals surface area contributed by atoms with Crippen molar-refractivity contribution in [3.63, 3.8) is 0 Å². The topological polar surface area (TPSA) is 17.1 Å². The Morgan fingerprint density at radius 2 is 2.15 bits per heavy atom. The van der Waals surface area contributed by atoms with E-state index in [1.165, 1.54) is 17.7 Å². The third-order valence-corrected chi connectivity index (χ3v) is 3.60. The highest BCUT2D eigenvalue weighted by atomic mass is 32.1. The van der Waals surface area contributed by atoms with E-state index in [-0.39, 0.29) is 0 Å². The minimum Gasteiger partial charge on any atom is -0.294 e. The average molecular weight is 194 g/mol. The lowest BCUT2D eigenvalue weighted by atomic mass is 9.98. The molecule has 2 rings (SSSR count). The number of rotatable bonds is 2. The molecule has 13 heavy (non-hydrogen) atoms. The van der Waals surface area contributed by atoms with Gasteiger partial charge in [0.05, 0.1) is 0 Å². The van der Waals surface area contributed by atoms with Crippen LogP contribution in [-0.2, 0) is 0 Å². The van der Waals surface area contributed by atoms with E-state index in [4.69, 9.17) is 0 Å². The molecule has 1 aromatic rings. The Morgan fingerprint density at radius 1 is 1.46 bits per heavy atom. The van der Waals surface area contributed by atoms with Crippen molar-refractivity contribution in [2.24, 2.45) is 5.92 Å². The van der Waals surface area contributed by atoms with E-state index in [2.05, 4.69) is 6.92 Å². The fraction of sp³-hybridized carbons (Fsp3) is 0.545. The first-order valence-corrected chi connectivity index (χ1v) is 5.74. The standard InChI is InChI=1S/C11H14OS/c1-8-6-10(7-13-8)11(12)9-4-2-3-5-9/h6-7,9H,2-5H2,1H3. The summed E-state index contributed by atoms with van der Waals surface area (Å²) in [7, 11) is 0. The van der Waals surface area contributed by atoms with Gasteiger partial charge >= 0.3 is 0 Å². The quantitative estimate of drug-likeness (QED) is 0.659. The molecular weight excluding hydrogens is 180 g/mol. The molecule has 0 N–H and O–H groups in total. The van der Waals surface area contributed by atoms with E-state index in [0.717, 1.165) is 18.4 Å². The molecule has 0 saturated heterocycles. The van der Waals surface area contributed by atoms with Gasteiger partial charge in [-0.3, -0.25) is 4.79 Å². The third kappa shape index (κ3) is 1.83. The van der Waals surface area contributed by atoms with Crippen molar-refractivity contribution < 1.29 is 4.79 Å². The van der Waals surface area contributed by atoms with E-state index in [1.54, 1.807) is 11.3 Å². The van der Waals surface area contributed by atoms with Crippen LogP contribution in [0.25, 0.3) is 0 Å². The van der Waals surface area contributed by atoms with Crippen molar-refractivity contribution in [2.75, 3.05) is 0 Å². The van der Waals surface area contributed by atoms with Crippen molar-refractivity contribution in [3.05, 3.63) is 21.9 Å². The predicted octanol–water partition coefficient (Wildman–Crippen LogP) is 3.43. The zero-order valence-corrected chi connectivity index (χ0v) is 8.69. The molecule has 0 bridgehead atoms. The van der Waals surface area contributed by atoms with Gasteiger partial charge in [0.15, 0.2) is 5.78 Å². The SMILES string of the molecule is Cc1cc(C(=O)C2CCCC2)cs1. The van der Waals surface area contributed by atoms with Crippen molar-refractivity contribution in [3.8, 4) is 0 Å². The van der Waals surface area contributed by atoms with Gasteiger partial charge in [-0.05, 0) is 25.8 Å². The van der Waals surface area contributed by atoms with E-state index in [0.29, 0.717) is 11.7 Å². The third-order valence-electron chi connectivity index (χ3n) is 2.74. The van der Waals surface area contributed by atoms with Crippen molar-refractivity contribution in [1.29, 1.82) is 0 Å². The molecule has 0 aliphatic heterocycles. The van der Waals surface area contributed by atoms with Crippen LogP contribution in [0.5, 0.6) is 0 Å². The summed E-state index contributed by atoms with van der Waals surface area (Å²) < 4.78 is 0. The molecule has 0 amide bonds. The van der Waals surface area contributed by atoms with Gasteiger partial charge in [0.25, 0.3) is 0 Å². The van der Waals surface area contributed by atoms with Crippen LogP contribution >= 0.6 is 11.3 Å². The first-order chi connectivity index (χ1) is 6.27. The molecule has 0 unspecified atom stereocenters. The van der Waals surface area contributed by atoms with Crippen molar-refractivity contribution in [2.45, 2.75) is 32.6 Å². The van der Waals surface area contributed by atoms with E-state index >= 15 is 0 Å². The van der Waals surface area contributed by atoms with Crippen LogP contribution in [0.1, 0.15) is 40.9 Å². The highest BCUT2D eigenvalue weighted by Crippen LogP contribution is 2.29. The molecule has 0 aromatic carbocycles. The molecule has 0 spiro atoms. The smallest absolute Gasteiger partial charge is 0.166 e.